The van der Waals surface area contributed by atoms with Gasteiger partial charge >= 0.3 is 0 Å². The highest BCUT2D eigenvalue weighted by Gasteiger charge is 2.19. The van der Waals surface area contributed by atoms with Gasteiger partial charge in [-0.15, -0.1) is 0 Å². The fourth-order valence-corrected chi connectivity index (χ4v) is 4.89. The van der Waals surface area contributed by atoms with E-state index in [1.54, 1.807) is 31.2 Å². The van der Waals surface area contributed by atoms with Crippen molar-refractivity contribution in [2.45, 2.75) is 65.4 Å². The Bertz CT molecular complexity index is 1270. The number of rotatable bonds is 11. The molecule has 0 heterocycles. The van der Waals surface area contributed by atoms with E-state index in [-0.39, 0.29) is 35.7 Å². The predicted octanol–water partition coefficient (Wildman–Crippen LogP) is 9.76. The van der Waals surface area contributed by atoms with Gasteiger partial charge in [-0.05, 0) is 55.0 Å². The van der Waals surface area contributed by atoms with Crippen molar-refractivity contribution in [3.63, 3.8) is 0 Å². The van der Waals surface area contributed by atoms with Gasteiger partial charge in [0.2, 0.25) is 5.82 Å². The molecule has 0 spiro atoms. The second-order valence-electron chi connectivity index (χ2n) is 9.75. The Kier molecular flexibility index (Phi) is 9.48. The van der Waals surface area contributed by atoms with Gasteiger partial charge in [-0.2, -0.15) is 4.39 Å². The van der Waals surface area contributed by atoms with Gasteiger partial charge < -0.3 is 9.47 Å². The van der Waals surface area contributed by atoms with Crippen molar-refractivity contribution < 1.29 is 27.0 Å². The minimum atomic E-state index is -1.06. The van der Waals surface area contributed by atoms with E-state index in [0.717, 1.165) is 25.0 Å². The number of hydrogen-bond acceptors (Lipinski definition) is 2. The maximum Gasteiger partial charge on any atom is 0.201 e. The zero-order valence-corrected chi connectivity index (χ0v) is 22.0. The first-order valence-electron chi connectivity index (χ1n) is 13.4. The molecule has 3 aromatic carbocycles. The first kappa shape index (κ1) is 27.7. The van der Waals surface area contributed by atoms with Crippen LogP contribution in [0.25, 0.3) is 22.3 Å². The van der Waals surface area contributed by atoms with Crippen molar-refractivity contribution in [2.75, 3.05) is 6.61 Å². The first-order chi connectivity index (χ1) is 18.4. The molecule has 202 valence electrons. The lowest BCUT2D eigenvalue weighted by Crippen LogP contribution is -2.08. The molecule has 0 N–H and O–H groups in total. The quantitative estimate of drug-likeness (QED) is 0.183. The smallest absolute Gasteiger partial charge is 0.201 e. The molecule has 1 aliphatic rings. The van der Waals surface area contributed by atoms with E-state index < -0.39 is 23.3 Å². The molecule has 0 saturated heterocycles. The first-order valence-corrected chi connectivity index (χ1v) is 13.4. The van der Waals surface area contributed by atoms with Crippen LogP contribution in [0, 0.1) is 29.2 Å². The summed E-state index contributed by atoms with van der Waals surface area (Å²) in [6.07, 6.45) is 9.90. The van der Waals surface area contributed by atoms with Crippen LogP contribution in [0.15, 0.2) is 60.4 Å². The zero-order chi connectivity index (χ0) is 27.1. The van der Waals surface area contributed by atoms with Crippen LogP contribution in [-0.2, 0) is 11.3 Å². The molecule has 38 heavy (non-hydrogen) atoms. The lowest BCUT2D eigenvalue weighted by atomic mass is 9.89. The maximum atomic E-state index is 15.0. The van der Waals surface area contributed by atoms with Crippen LogP contribution >= 0.6 is 0 Å². The summed E-state index contributed by atoms with van der Waals surface area (Å²) in [6.45, 7) is 4.07. The molecule has 2 nitrogen and oxygen atoms in total. The molecule has 3 aromatic rings. The molecule has 0 aliphatic heterocycles. The molecule has 4 rings (SSSR count). The Morgan fingerprint density at radius 1 is 0.737 bits per heavy atom. The molecule has 0 aromatic heterocycles. The number of benzene rings is 3. The number of ether oxygens (including phenoxy) is 2. The number of hydrogen-bond donors (Lipinski definition) is 0. The van der Waals surface area contributed by atoms with Crippen molar-refractivity contribution in [2.24, 2.45) is 5.92 Å². The van der Waals surface area contributed by atoms with Crippen LogP contribution in [0.5, 0.6) is 5.75 Å². The van der Waals surface area contributed by atoms with E-state index >= 15 is 4.39 Å². The van der Waals surface area contributed by atoms with E-state index in [1.165, 1.54) is 49.9 Å². The van der Waals surface area contributed by atoms with E-state index in [1.807, 2.05) is 0 Å². The van der Waals surface area contributed by atoms with Gasteiger partial charge in [-0.25, -0.2) is 13.2 Å². The predicted molar refractivity (Wildman–Crippen MR) is 143 cm³/mol. The molecule has 0 bridgehead atoms. The standard InChI is InChI=1S/C32H34F4O2/c1-3-5-6-7-21-8-15-25(16-9-21)38-20-24-14-17-26(30(34)29(24)33)22-10-12-23(13-11-22)27-18-19-28(37-4-2)32(36)31(27)35/h10-15,17-19,21H,3-9,16,20H2,1-2H3. The third-order valence-electron chi connectivity index (χ3n) is 7.12. The van der Waals surface area contributed by atoms with Crippen LogP contribution < -0.4 is 4.74 Å². The lowest BCUT2D eigenvalue weighted by Gasteiger charge is -2.22. The van der Waals surface area contributed by atoms with Gasteiger partial charge in [0.25, 0.3) is 0 Å². The van der Waals surface area contributed by atoms with Gasteiger partial charge in [0.1, 0.15) is 6.61 Å². The van der Waals surface area contributed by atoms with Crippen LogP contribution in [0.3, 0.4) is 0 Å². The second kappa shape index (κ2) is 13.0. The van der Waals surface area contributed by atoms with Crippen molar-refractivity contribution in [1.82, 2.24) is 0 Å². The summed E-state index contributed by atoms with van der Waals surface area (Å²) in [5.41, 5.74) is 1.13. The van der Waals surface area contributed by atoms with Crippen LogP contribution in [-0.4, -0.2) is 6.61 Å². The Balaban J connectivity index is 1.42. The highest BCUT2D eigenvalue weighted by atomic mass is 19.2. The van der Waals surface area contributed by atoms with Crippen molar-refractivity contribution >= 4 is 0 Å². The minimum Gasteiger partial charge on any atom is -0.493 e. The summed E-state index contributed by atoms with van der Waals surface area (Å²) in [4.78, 5) is 0. The molecule has 1 atom stereocenters. The zero-order valence-electron chi connectivity index (χ0n) is 22.0. The van der Waals surface area contributed by atoms with Gasteiger partial charge in [0.05, 0.1) is 12.4 Å². The molecule has 1 unspecified atom stereocenters. The summed E-state index contributed by atoms with van der Waals surface area (Å²) in [5, 5.41) is 0. The molecule has 1 aliphatic carbocycles. The Morgan fingerprint density at radius 2 is 1.39 bits per heavy atom. The molecular formula is C32H34F4O2. The Morgan fingerprint density at radius 3 is 2.00 bits per heavy atom. The van der Waals surface area contributed by atoms with Gasteiger partial charge in [0, 0.05) is 23.1 Å². The maximum absolute atomic E-state index is 15.0. The second-order valence-corrected chi connectivity index (χ2v) is 9.75. The van der Waals surface area contributed by atoms with Crippen molar-refractivity contribution in [3.8, 4) is 28.0 Å². The van der Waals surface area contributed by atoms with Crippen LogP contribution in [0.2, 0.25) is 0 Å². The summed E-state index contributed by atoms with van der Waals surface area (Å²) in [6, 6.07) is 12.1. The molecule has 0 radical (unpaired) electrons. The van der Waals surface area contributed by atoms with Crippen LogP contribution in [0.4, 0.5) is 17.6 Å². The Hall–Kier alpha value is -3.28. The lowest BCUT2D eigenvalue weighted by molar-refractivity contribution is 0.171. The van der Waals surface area contributed by atoms with E-state index in [9.17, 15) is 13.2 Å². The minimum absolute atomic E-state index is 0.0309. The fraction of sp³-hybridized carbons (Fsp3) is 0.375. The number of halogens is 4. The van der Waals surface area contributed by atoms with E-state index in [2.05, 4.69) is 13.0 Å². The van der Waals surface area contributed by atoms with Gasteiger partial charge in [-0.1, -0.05) is 69.0 Å². The summed E-state index contributed by atoms with van der Waals surface area (Å²) < 4.78 is 69.6. The summed E-state index contributed by atoms with van der Waals surface area (Å²) in [5.74, 6) is -2.63. The topological polar surface area (TPSA) is 18.5 Å². The molecular weight excluding hydrogens is 492 g/mol. The third-order valence-corrected chi connectivity index (χ3v) is 7.12. The normalized spacial score (nSPS) is 15.3. The average Bonchev–Trinajstić information content (AvgIpc) is 2.93. The van der Waals surface area contributed by atoms with E-state index in [4.69, 9.17) is 9.47 Å². The SMILES string of the molecule is CCCCCC1CC=C(OCc2ccc(-c3ccc(-c4ccc(OCC)c(F)c4F)cc3)c(F)c2F)CC1. The van der Waals surface area contributed by atoms with Crippen molar-refractivity contribution in [1.29, 1.82) is 0 Å². The molecule has 0 fully saturated rings. The molecule has 6 heteroatoms. The van der Waals surface area contributed by atoms with Crippen LogP contribution in [0.1, 0.15) is 64.4 Å². The monoisotopic (exact) mass is 526 g/mol. The molecule has 0 amide bonds. The highest BCUT2D eigenvalue weighted by molar-refractivity contribution is 5.71. The number of unbranched alkanes of at least 4 members (excludes halogenated alkanes) is 2. The summed E-state index contributed by atoms with van der Waals surface area (Å²) >= 11 is 0. The van der Waals surface area contributed by atoms with Gasteiger partial charge in [-0.3, -0.25) is 0 Å². The largest absolute Gasteiger partial charge is 0.493 e. The summed E-state index contributed by atoms with van der Waals surface area (Å²) in [7, 11) is 0. The highest BCUT2D eigenvalue weighted by Crippen LogP contribution is 2.33. The molecule has 0 saturated carbocycles. The fourth-order valence-electron chi connectivity index (χ4n) is 4.89. The average molecular weight is 527 g/mol. The van der Waals surface area contributed by atoms with E-state index in [0.29, 0.717) is 17.0 Å². The number of allylic oxidation sites excluding steroid dienone is 2. The van der Waals surface area contributed by atoms with Crippen molar-refractivity contribution in [3.05, 3.63) is 89.2 Å². The third kappa shape index (κ3) is 6.40. The Labute approximate surface area is 222 Å². The van der Waals surface area contributed by atoms with Gasteiger partial charge in [0.15, 0.2) is 23.2 Å².